The van der Waals surface area contributed by atoms with Crippen molar-refractivity contribution in [3.63, 3.8) is 0 Å². The summed E-state index contributed by atoms with van der Waals surface area (Å²) in [5.41, 5.74) is 5.01. The maximum Gasteiger partial charge on any atom is 0.254 e. The number of anilines is 1. The predicted octanol–water partition coefficient (Wildman–Crippen LogP) is 5.79. The number of carbonyl (C=O) groups is 2. The molecule has 2 aromatic heterocycles. The molecule has 0 spiro atoms. The molecule has 9 heteroatoms. The van der Waals surface area contributed by atoms with Gasteiger partial charge in [0.05, 0.1) is 11.0 Å². The lowest BCUT2D eigenvalue weighted by atomic mass is 10.0. The molecule has 1 fully saturated rings. The second-order valence-corrected chi connectivity index (χ2v) is 11.5. The zero-order valence-corrected chi connectivity index (χ0v) is 25.3. The molecule has 0 unspecified atom stereocenters. The Morgan fingerprint density at radius 2 is 1.52 bits per heavy atom. The Balaban J connectivity index is 1.06. The Bertz CT molecular complexity index is 1730. The standard InChI is InChI=1S/C35H39N7O2/c1-26-38-39-34-33(36-19-11-3-2-10-16-32(43)28-14-8-5-9-15-28)37-30-24-29(17-18-31(30)42(26)34)35(44)41-22-20-40(21-23-41)25-27-12-6-4-7-13-27/h4-9,12-15,17-18,24H,2-3,10-11,16,19-23,25H2,1H3,(H,36,37). The summed E-state index contributed by atoms with van der Waals surface area (Å²) in [6.45, 7) is 6.67. The van der Waals surface area contributed by atoms with E-state index in [1.165, 1.54) is 5.56 Å². The quantitative estimate of drug-likeness (QED) is 0.145. The van der Waals surface area contributed by atoms with Crippen LogP contribution in [0, 0.1) is 6.92 Å². The molecule has 3 aromatic carbocycles. The van der Waals surface area contributed by atoms with E-state index in [0.29, 0.717) is 36.5 Å². The number of aryl methyl sites for hydroxylation is 1. The Hall–Kier alpha value is -4.63. The number of nitrogens with one attached hydrogen (secondary N) is 1. The fourth-order valence-electron chi connectivity index (χ4n) is 5.90. The molecule has 5 aromatic rings. The third-order valence-corrected chi connectivity index (χ3v) is 8.36. The number of hydrogen-bond donors (Lipinski definition) is 1. The molecule has 1 aliphatic rings. The van der Waals surface area contributed by atoms with E-state index in [0.717, 1.165) is 74.3 Å². The lowest BCUT2D eigenvalue weighted by Crippen LogP contribution is -2.48. The highest BCUT2D eigenvalue weighted by Crippen LogP contribution is 2.24. The van der Waals surface area contributed by atoms with Crippen molar-refractivity contribution in [2.75, 3.05) is 38.0 Å². The summed E-state index contributed by atoms with van der Waals surface area (Å²) >= 11 is 0. The van der Waals surface area contributed by atoms with Crippen LogP contribution in [0.15, 0.2) is 78.9 Å². The van der Waals surface area contributed by atoms with Gasteiger partial charge in [0.25, 0.3) is 5.91 Å². The molecule has 1 saturated heterocycles. The maximum atomic E-state index is 13.5. The first-order valence-electron chi connectivity index (χ1n) is 15.6. The first-order valence-corrected chi connectivity index (χ1v) is 15.6. The second kappa shape index (κ2) is 13.8. The van der Waals surface area contributed by atoms with Crippen LogP contribution in [0.2, 0.25) is 0 Å². The van der Waals surface area contributed by atoms with Gasteiger partial charge in [-0.3, -0.25) is 18.9 Å². The first-order chi connectivity index (χ1) is 21.6. The number of aromatic nitrogens is 4. The van der Waals surface area contributed by atoms with Crippen molar-refractivity contribution in [3.05, 3.63) is 101 Å². The second-order valence-electron chi connectivity index (χ2n) is 11.5. The Labute approximate surface area is 257 Å². The molecular formula is C35H39N7O2. The monoisotopic (exact) mass is 589 g/mol. The summed E-state index contributed by atoms with van der Waals surface area (Å²) in [5, 5.41) is 12.1. The Morgan fingerprint density at radius 1 is 0.795 bits per heavy atom. The lowest BCUT2D eigenvalue weighted by molar-refractivity contribution is 0.0628. The average Bonchev–Trinajstić information content (AvgIpc) is 3.46. The molecule has 0 saturated carbocycles. The highest BCUT2D eigenvalue weighted by atomic mass is 16.2. The van der Waals surface area contributed by atoms with Crippen LogP contribution in [0.25, 0.3) is 16.7 Å². The van der Waals surface area contributed by atoms with Crippen LogP contribution in [-0.4, -0.2) is 73.8 Å². The number of Topliss-reactive ketones (excluding diaryl/α,β-unsaturated/α-hetero) is 1. The van der Waals surface area contributed by atoms with Crippen LogP contribution < -0.4 is 5.32 Å². The minimum absolute atomic E-state index is 0.0360. The number of carbonyl (C=O) groups excluding carboxylic acids is 2. The maximum absolute atomic E-state index is 13.5. The van der Waals surface area contributed by atoms with Gasteiger partial charge in [-0.2, -0.15) is 0 Å². The van der Waals surface area contributed by atoms with E-state index in [-0.39, 0.29) is 11.7 Å². The third-order valence-electron chi connectivity index (χ3n) is 8.36. The number of unbranched alkanes of at least 4 members (excludes halogenated alkanes) is 3. The van der Waals surface area contributed by atoms with E-state index < -0.39 is 0 Å². The molecular weight excluding hydrogens is 550 g/mol. The molecule has 44 heavy (non-hydrogen) atoms. The van der Waals surface area contributed by atoms with E-state index in [1.54, 1.807) is 0 Å². The van der Waals surface area contributed by atoms with Gasteiger partial charge in [-0.1, -0.05) is 73.5 Å². The van der Waals surface area contributed by atoms with Crippen LogP contribution in [0.1, 0.15) is 64.2 Å². The van der Waals surface area contributed by atoms with Gasteiger partial charge in [0.1, 0.15) is 5.82 Å². The van der Waals surface area contributed by atoms with Crippen molar-refractivity contribution in [3.8, 4) is 0 Å². The number of amides is 1. The minimum atomic E-state index is 0.0360. The molecule has 0 aliphatic carbocycles. The average molecular weight is 590 g/mol. The Kier molecular flexibility index (Phi) is 9.22. The van der Waals surface area contributed by atoms with Crippen molar-refractivity contribution >= 4 is 34.2 Å². The molecule has 0 atom stereocenters. The van der Waals surface area contributed by atoms with E-state index in [2.05, 4.69) is 44.7 Å². The van der Waals surface area contributed by atoms with Crippen LogP contribution >= 0.6 is 0 Å². The van der Waals surface area contributed by atoms with E-state index >= 15 is 0 Å². The van der Waals surface area contributed by atoms with Crippen LogP contribution in [0.4, 0.5) is 5.82 Å². The zero-order valence-electron chi connectivity index (χ0n) is 25.3. The Morgan fingerprint density at radius 3 is 2.30 bits per heavy atom. The summed E-state index contributed by atoms with van der Waals surface area (Å²) in [6, 6.07) is 25.7. The van der Waals surface area contributed by atoms with Gasteiger partial charge in [-0.05, 0) is 43.5 Å². The van der Waals surface area contributed by atoms with Crippen molar-refractivity contribution in [1.29, 1.82) is 0 Å². The largest absolute Gasteiger partial charge is 0.367 e. The summed E-state index contributed by atoms with van der Waals surface area (Å²) in [6.07, 6.45) is 4.42. The van der Waals surface area contributed by atoms with Gasteiger partial charge in [-0.15, -0.1) is 10.2 Å². The van der Waals surface area contributed by atoms with E-state index in [1.807, 2.05) is 70.8 Å². The van der Waals surface area contributed by atoms with Gasteiger partial charge in [0.15, 0.2) is 11.6 Å². The van der Waals surface area contributed by atoms with Gasteiger partial charge < -0.3 is 10.2 Å². The van der Waals surface area contributed by atoms with Crippen molar-refractivity contribution in [1.82, 2.24) is 29.4 Å². The molecule has 0 radical (unpaired) electrons. The van der Waals surface area contributed by atoms with Gasteiger partial charge in [0, 0.05) is 56.8 Å². The predicted molar refractivity (Wildman–Crippen MR) is 173 cm³/mol. The molecule has 9 nitrogen and oxygen atoms in total. The number of nitrogens with zero attached hydrogens (tertiary/aromatic N) is 6. The van der Waals surface area contributed by atoms with Crippen molar-refractivity contribution < 1.29 is 9.59 Å². The van der Waals surface area contributed by atoms with Crippen molar-refractivity contribution in [2.45, 2.75) is 45.6 Å². The summed E-state index contributed by atoms with van der Waals surface area (Å²) in [7, 11) is 0. The summed E-state index contributed by atoms with van der Waals surface area (Å²) in [5.74, 6) is 1.68. The molecule has 1 N–H and O–H groups in total. The molecule has 226 valence electrons. The van der Waals surface area contributed by atoms with Gasteiger partial charge in [0.2, 0.25) is 5.65 Å². The lowest BCUT2D eigenvalue weighted by Gasteiger charge is -2.34. The smallest absolute Gasteiger partial charge is 0.254 e. The third kappa shape index (κ3) is 6.78. The number of ketones is 1. The minimum Gasteiger partial charge on any atom is -0.367 e. The molecule has 1 amide bonds. The topological polar surface area (TPSA) is 95.7 Å². The number of rotatable bonds is 12. The zero-order chi connectivity index (χ0) is 30.3. The van der Waals surface area contributed by atoms with Gasteiger partial charge in [-0.25, -0.2) is 4.98 Å². The fourth-order valence-corrected chi connectivity index (χ4v) is 5.90. The number of benzene rings is 3. The molecule has 0 bridgehead atoms. The number of hydrogen-bond acceptors (Lipinski definition) is 7. The highest BCUT2D eigenvalue weighted by Gasteiger charge is 2.23. The van der Waals surface area contributed by atoms with E-state index in [9.17, 15) is 9.59 Å². The van der Waals surface area contributed by atoms with Gasteiger partial charge >= 0.3 is 0 Å². The summed E-state index contributed by atoms with van der Waals surface area (Å²) < 4.78 is 2.00. The van der Waals surface area contributed by atoms with E-state index in [4.69, 9.17) is 4.98 Å². The number of fused-ring (bicyclic) bond motifs is 3. The van der Waals surface area contributed by atoms with Crippen molar-refractivity contribution in [2.24, 2.45) is 0 Å². The molecule has 1 aliphatic heterocycles. The molecule has 3 heterocycles. The fraction of sp³-hybridized carbons (Fsp3) is 0.343. The highest BCUT2D eigenvalue weighted by molar-refractivity contribution is 5.98. The number of piperazine rings is 1. The first kappa shape index (κ1) is 29.4. The SMILES string of the molecule is Cc1nnc2c(NCCCCCCC(=O)c3ccccc3)nc3cc(C(=O)N4CCN(Cc5ccccc5)CC4)ccc3n12. The van der Waals surface area contributed by atoms with Crippen LogP contribution in [0.5, 0.6) is 0 Å². The normalized spacial score (nSPS) is 13.9. The summed E-state index contributed by atoms with van der Waals surface area (Å²) in [4.78, 5) is 35.1. The van der Waals surface area contributed by atoms with Crippen LogP contribution in [-0.2, 0) is 6.54 Å². The molecule has 6 rings (SSSR count). The van der Waals surface area contributed by atoms with Crippen LogP contribution in [0.3, 0.4) is 0 Å².